The summed E-state index contributed by atoms with van der Waals surface area (Å²) in [6.07, 6.45) is -2.23. The molecule has 2 aliphatic rings. The van der Waals surface area contributed by atoms with E-state index in [4.69, 9.17) is 13.8 Å². The summed E-state index contributed by atoms with van der Waals surface area (Å²) >= 11 is 0. The first kappa shape index (κ1) is 35.7. The van der Waals surface area contributed by atoms with Gasteiger partial charge >= 0.3 is 12.7 Å². The van der Waals surface area contributed by atoms with Gasteiger partial charge in [-0.2, -0.15) is 0 Å². The molecule has 0 bridgehead atoms. The van der Waals surface area contributed by atoms with Gasteiger partial charge in [-0.3, -0.25) is 4.79 Å². The number of carbonyl (C=O) groups excluding carboxylic acids is 1. The number of halogens is 6. The SMILES string of the molecule is C.C.CO/C=C/c1c(-c2ccccc2OC(F)(F)F)noc1C1CC1.O=Cc1c(-c2ccccc2OC(F)(F)F)noc1C1CC1. The van der Waals surface area contributed by atoms with Crippen LogP contribution in [0.15, 0.2) is 63.8 Å². The summed E-state index contributed by atoms with van der Waals surface area (Å²) in [6, 6.07) is 11.4. The van der Waals surface area contributed by atoms with Crippen molar-refractivity contribution in [2.75, 3.05) is 7.11 Å². The van der Waals surface area contributed by atoms with E-state index in [0.717, 1.165) is 25.7 Å². The summed E-state index contributed by atoms with van der Waals surface area (Å²) in [7, 11) is 1.49. The highest BCUT2D eigenvalue weighted by Crippen LogP contribution is 2.46. The first-order valence-electron chi connectivity index (χ1n) is 13.3. The lowest BCUT2D eigenvalue weighted by molar-refractivity contribution is -0.275. The Morgan fingerprint density at radius 3 is 1.52 bits per heavy atom. The van der Waals surface area contributed by atoms with E-state index in [1.54, 1.807) is 18.2 Å². The standard InChI is InChI=1S/C16H14F3NO3.C14H10F3NO3.2CH4/c1-21-9-8-12-14(20-23-15(12)10-6-7-10)11-4-2-3-5-13(11)22-16(17,18)19;15-14(16,17)20-11-4-2-1-3-9(11)12-10(7-19)13(21-18-12)8-5-6-8;;/h2-5,8-10H,6-7H2,1H3;1-4,7-8H,5-6H2;2*1H4/b9-8+;;;. The lowest BCUT2D eigenvalue weighted by atomic mass is 10.0. The smallest absolute Gasteiger partial charge is 0.504 e. The van der Waals surface area contributed by atoms with Crippen molar-refractivity contribution in [3.63, 3.8) is 0 Å². The first-order valence-corrected chi connectivity index (χ1v) is 13.3. The number of para-hydroxylation sites is 2. The van der Waals surface area contributed by atoms with Crippen molar-refractivity contribution in [2.24, 2.45) is 0 Å². The van der Waals surface area contributed by atoms with Gasteiger partial charge in [0.1, 0.15) is 28.6 Å². The summed E-state index contributed by atoms with van der Waals surface area (Å²) in [5.41, 5.74) is 1.49. The van der Waals surface area contributed by atoms with Gasteiger partial charge in [-0.25, -0.2) is 0 Å². The molecule has 0 aliphatic heterocycles. The molecule has 0 spiro atoms. The van der Waals surface area contributed by atoms with E-state index in [-0.39, 0.29) is 54.8 Å². The Labute approximate surface area is 260 Å². The van der Waals surface area contributed by atoms with Crippen LogP contribution in [0.25, 0.3) is 28.6 Å². The van der Waals surface area contributed by atoms with Crippen molar-refractivity contribution in [3.05, 3.63) is 77.4 Å². The van der Waals surface area contributed by atoms with Crippen LogP contribution in [0.2, 0.25) is 0 Å². The van der Waals surface area contributed by atoms with Crippen molar-refractivity contribution < 1.29 is 54.4 Å². The van der Waals surface area contributed by atoms with Gasteiger partial charge in [-0.15, -0.1) is 26.3 Å². The zero-order valence-corrected chi connectivity index (χ0v) is 22.9. The minimum Gasteiger partial charge on any atom is -0.504 e. The van der Waals surface area contributed by atoms with Gasteiger partial charge in [0, 0.05) is 28.5 Å². The highest BCUT2D eigenvalue weighted by molar-refractivity contribution is 5.88. The molecule has 6 rings (SSSR count). The third-order valence-corrected chi connectivity index (χ3v) is 6.63. The lowest BCUT2D eigenvalue weighted by Crippen LogP contribution is -2.17. The molecule has 8 nitrogen and oxygen atoms in total. The highest BCUT2D eigenvalue weighted by atomic mass is 19.4. The van der Waals surface area contributed by atoms with Gasteiger partial charge < -0.3 is 23.3 Å². The second-order valence-electron chi connectivity index (χ2n) is 9.91. The fraction of sp³-hybridized carbons (Fsp3) is 0.344. The van der Waals surface area contributed by atoms with Crippen LogP contribution in [0, 0.1) is 0 Å². The monoisotopic (exact) mass is 654 g/mol. The summed E-state index contributed by atoms with van der Waals surface area (Å²) < 4.78 is 98.5. The minimum atomic E-state index is -4.82. The molecular weight excluding hydrogens is 622 g/mol. The van der Waals surface area contributed by atoms with Crippen molar-refractivity contribution >= 4 is 12.4 Å². The number of alkyl halides is 6. The molecule has 248 valence electrons. The Bertz CT molecular complexity index is 1630. The second-order valence-corrected chi connectivity index (χ2v) is 9.91. The lowest BCUT2D eigenvalue weighted by Gasteiger charge is -2.12. The largest absolute Gasteiger partial charge is 0.573 e. The van der Waals surface area contributed by atoms with E-state index in [1.807, 2.05) is 0 Å². The van der Waals surface area contributed by atoms with Gasteiger partial charge in [0.2, 0.25) is 0 Å². The van der Waals surface area contributed by atoms with E-state index < -0.39 is 18.5 Å². The van der Waals surface area contributed by atoms with Crippen molar-refractivity contribution in [2.45, 2.75) is 65.1 Å². The summed E-state index contributed by atoms with van der Waals surface area (Å²) in [5, 5.41) is 7.72. The molecule has 0 saturated heterocycles. The molecule has 0 unspecified atom stereocenters. The molecule has 0 amide bonds. The molecule has 2 aromatic heterocycles. The average molecular weight is 655 g/mol. The number of benzene rings is 2. The number of hydrogen-bond acceptors (Lipinski definition) is 8. The zero-order chi connectivity index (χ0) is 31.5. The van der Waals surface area contributed by atoms with Gasteiger partial charge in [-0.1, -0.05) is 49.4 Å². The number of ether oxygens (including phenoxy) is 3. The maximum absolute atomic E-state index is 12.6. The predicted molar refractivity (Wildman–Crippen MR) is 156 cm³/mol. The Balaban J connectivity index is 0.000000241. The fourth-order valence-electron chi connectivity index (χ4n) is 4.45. The normalized spacial score (nSPS) is 14.4. The quantitative estimate of drug-likeness (QED) is 0.1000. The van der Waals surface area contributed by atoms with Crippen LogP contribution < -0.4 is 9.47 Å². The second kappa shape index (κ2) is 14.6. The maximum Gasteiger partial charge on any atom is 0.573 e. The van der Waals surface area contributed by atoms with Crippen LogP contribution in [0.1, 0.15) is 79.8 Å². The number of aromatic nitrogens is 2. The number of rotatable bonds is 9. The summed E-state index contributed by atoms with van der Waals surface area (Å²) in [4.78, 5) is 11.2. The molecule has 2 aromatic carbocycles. The molecule has 2 fully saturated rings. The van der Waals surface area contributed by atoms with Crippen LogP contribution >= 0.6 is 0 Å². The molecule has 2 heterocycles. The van der Waals surface area contributed by atoms with Crippen LogP contribution in [-0.4, -0.2) is 36.4 Å². The van der Waals surface area contributed by atoms with Crippen LogP contribution in [0.4, 0.5) is 26.3 Å². The molecule has 0 N–H and O–H groups in total. The molecule has 0 atom stereocenters. The molecule has 46 heavy (non-hydrogen) atoms. The molecule has 4 aromatic rings. The number of carbonyl (C=O) groups is 1. The van der Waals surface area contributed by atoms with Crippen LogP contribution in [0.5, 0.6) is 11.5 Å². The van der Waals surface area contributed by atoms with Gasteiger partial charge in [0.25, 0.3) is 0 Å². The Morgan fingerprint density at radius 1 is 0.717 bits per heavy atom. The van der Waals surface area contributed by atoms with Gasteiger partial charge in [-0.05, 0) is 56.0 Å². The summed E-state index contributed by atoms with van der Waals surface area (Å²) in [5.74, 6) is 0.744. The highest BCUT2D eigenvalue weighted by Gasteiger charge is 2.37. The Hall–Kier alpha value is -4.75. The molecule has 14 heteroatoms. The number of hydrogen-bond donors (Lipinski definition) is 0. The van der Waals surface area contributed by atoms with Crippen molar-refractivity contribution in [3.8, 4) is 34.0 Å². The number of nitrogens with zero attached hydrogens (tertiary/aromatic N) is 2. The van der Waals surface area contributed by atoms with E-state index >= 15 is 0 Å². The molecular formula is C32H32F6N2O6. The van der Waals surface area contributed by atoms with E-state index in [2.05, 4.69) is 19.8 Å². The third-order valence-electron chi connectivity index (χ3n) is 6.63. The van der Waals surface area contributed by atoms with E-state index in [0.29, 0.717) is 29.1 Å². The van der Waals surface area contributed by atoms with Gasteiger partial charge in [0.05, 0.1) is 18.9 Å². The van der Waals surface area contributed by atoms with E-state index in [1.165, 1.54) is 49.8 Å². The Kier molecular flexibility index (Phi) is 11.3. The first-order chi connectivity index (χ1) is 21.0. The zero-order valence-electron chi connectivity index (χ0n) is 22.9. The molecule has 2 aliphatic carbocycles. The maximum atomic E-state index is 12.6. The van der Waals surface area contributed by atoms with Crippen LogP contribution in [-0.2, 0) is 4.74 Å². The molecule has 2 saturated carbocycles. The third kappa shape index (κ3) is 8.70. The van der Waals surface area contributed by atoms with Crippen molar-refractivity contribution in [1.82, 2.24) is 10.3 Å². The Morgan fingerprint density at radius 2 is 1.13 bits per heavy atom. The van der Waals surface area contributed by atoms with Crippen molar-refractivity contribution in [1.29, 1.82) is 0 Å². The predicted octanol–water partition coefficient (Wildman–Crippen LogP) is 9.94. The molecule has 0 radical (unpaired) electrons. The van der Waals surface area contributed by atoms with E-state index in [9.17, 15) is 31.1 Å². The van der Waals surface area contributed by atoms with Crippen LogP contribution in [0.3, 0.4) is 0 Å². The van der Waals surface area contributed by atoms with Gasteiger partial charge in [0.15, 0.2) is 12.0 Å². The minimum absolute atomic E-state index is 0. The average Bonchev–Trinajstić information content (AvgIpc) is 3.91. The fourth-order valence-corrected chi connectivity index (χ4v) is 4.45. The summed E-state index contributed by atoms with van der Waals surface area (Å²) in [6.45, 7) is 0. The number of aldehydes is 1. The topological polar surface area (TPSA) is 96.8 Å². The number of methoxy groups -OCH3 is 1.